The third-order valence-electron chi connectivity index (χ3n) is 0.935. The minimum Gasteiger partial charge on any atom is -0.288 e. The lowest BCUT2D eigenvalue weighted by Crippen LogP contribution is -2.07. The highest BCUT2D eigenvalue weighted by Crippen LogP contribution is 2.06. The molecule has 0 radical (unpaired) electrons. The van der Waals surface area contributed by atoms with Crippen LogP contribution in [-0.4, -0.2) is 30.6 Å². The lowest BCUT2D eigenvalue weighted by Gasteiger charge is -2.02. The zero-order valence-electron chi connectivity index (χ0n) is 5.68. The normalized spacial score (nSPS) is 9.25. The van der Waals surface area contributed by atoms with Gasteiger partial charge in [0.05, 0.1) is 0 Å². The van der Waals surface area contributed by atoms with E-state index in [1.807, 2.05) is 0 Å². The first-order valence-electron chi connectivity index (χ1n) is 2.76. The largest absolute Gasteiger partial charge is 0.288 e. The Labute approximate surface area is 66.0 Å². The van der Waals surface area contributed by atoms with E-state index in [4.69, 9.17) is 15.6 Å². The fourth-order valence-corrected chi connectivity index (χ4v) is 0.526. The summed E-state index contributed by atoms with van der Waals surface area (Å²) >= 11 is 0. The molecule has 0 aliphatic heterocycles. The summed E-state index contributed by atoms with van der Waals surface area (Å²) in [7, 11) is 0. The molecular weight excluding hydrogens is 168 g/mol. The highest BCUT2D eigenvalue weighted by Gasteiger charge is 2.03. The molecule has 1 aromatic heterocycles. The summed E-state index contributed by atoms with van der Waals surface area (Å²) in [6, 6.07) is 0. The Morgan fingerprint density at radius 2 is 0.917 bits per heavy atom. The maximum absolute atomic E-state index is 8.36. The van der Waals surface area contributed by atoms with Crippen LogP contribution < -0.4 is 16.4 Å². The van der Waals surface area contributed by atoms with Crippen LogP contribution in [-0.2, 0) is 0 Å². The Morgan fingerprint density at radius 1 is 0.667 bits per heavy atom. The molecule has 1 rings (SSSR count). The van der Waals surface area contributed by atoms with Crippen LogP contribution in [0.4, 0.5) is 17.8 Å². The molecule has 9 heteroatoms. The molecule has 0 amide bonds. The van der Waals surface area contributed by atoms with Crippen LogP contribution in [0.5, 0.6) is 0 Å². The summed E-state index contributed by atoms with van der Waals surface area (Å²) < 4.78 is 0. The zero-order valence-corrected chi connectivity index (χ0v) is 5.68. The number of aromatic nitrogens is 3. The van der Waals surface area contributed by atoms with E-state index in [1.54, 1.807) is 16.4 Å². The van der Waals surface area contributed by atoms with E-state index in [9.17, 15) is 0 Å². The molecule has 0 spiro atoms. The minimum atomic E-state index is -0.224. The molecule has 0 aliphatic rings. The van der Waals surface area contributed by atoms with E-state index in [1.165, 1.54) is 0 Å². The number of anilines is 3. The zero-order chi connectivity index (χ0) is 8.97. The molecule has 0 unspecified atom stereocenters. The molecule has 0 atom stereocenters. The van der Waals surface area contributed by atoms with Crippen LogP contribution in [0.1, 0.15) is 0 Å². The van der Waals surface area contributed by atoms with Crippen molar-refractivity contribution >= 4 is 17.8 Å². The maximum atomic E-state index is 8.36. The van der Waals surface area contributed by atoms with Crippen LogP contribution in [0.3, 0.4) is 0 Å². The van der Waals surface area contributed by atoms with Gasteiger partial charge >= 0.3 is 0 Å². The van der Waals surface area contributed by atoms with Gasteiger partial charge in [-0.25, -0.2) is 16.4 Å². The molecule has 0 aromatic carbocycles. The van der Waals surface area contributed by atoms with Gasteiger partial charge in [-0.3, -0.25) is 15.6 Å². The first-order valence-corrected chi connectivity index (χ1v) is 2.76. The molecule has 1 aromatic rings. The molecule has 0 fully saturated rings. The smallest absolute Gasteiger partial charge is 0.253 e. The molecule has 66 valence electrons. The fourth-order valence-electron chi connectivity index (χ4n) is 0.526. The van der Waals surface area contributed by atoms with Crippen molar-refractivity contribution in [3.8, 4) is 0 Å². The van der Waals surface area contributed by atoms with Crippen molar-refractivity contribution in [2.75, 3.05) is 16.4 Å². The SMILES string of the molecule is ONc1nc(NO)nc(NO)n1. The molecule has 0 saturated heterocycles. The lowest BCUT2D eigenvalue weighted by molar-refractivity contribution is 0.368. The average Bonchev–Trinajstić information content (AvgIpc) is 2.16. The van der Waals surface area contributed by atoms with Crippen molar-refractivity contribution in [2.24, 2.45) is 0 Å². The van der Waals surface area contributed by atoms with Crippen molar-refractivity contribution in [2.45, 2.75) is 0 Å². The van der Waals surface area contributed by atoms with Crippen LogP contribution in [0, 0.1) is 0 Å². The quantitative estimate of drug-likeness (QED) is 0.328. The van der Waals surface area contributed by atoms with E-state index < -0.39 is 0 Å². The first kappa shape index (κ1) is 8.39. The van der Waals surface area contributed by atoms with Gasteiger partial charge in [0.2, 0.25) is 0 Å². The third kappa shape index (κ3) is 1.66. The molecule has 0 aliphatic carbocycles. The van der Waals surface area contributed by atoms with Gasteiger partial charge in [-0.05, 0) is 0 Å². The fraction of sp³-hybridized carbons (Fsp3) is 0. The molecule has 9 nitrogen and oxygen atoms in total. The van der Waals surface area contributed by atoms with E-state index in [2.05, 4.69) is 15.0 Å². The van der Waals surface area contributed by atoms with Gasteiger partial charge in [-0.2, -0.15) is 15.0 Å². The highest BCUT2D eigenvalue weighted by atomic mass is 16.5. The summed E-state index contributed by atoms with van der Waals surface area (Å²) in [5.41, 5.74) is 4.84. The average molecular weight is 174 g/mol. The van der Waals surface area contributed by atoms with Crippen molar-refractivity contribution in [1.82, 2.24) is 15.0 Å². The predicted octanol–water partition coefficient (Wildman–Crippen LogP) is -0.725. The second kappa shape index (κ2) is 3.61. The van der Waals surface area contributed by atoms with Crippen LogP contribution in [0.2, 0.25) is 0 Å². The second-order valence-electron chi connectivity index (χ2n) is 1.64. The Kier molecular flexibility index (Phi) is 2.53. The molecule has 1 heterocycles. The van der Waals surface area contributed by atoms with Gasteiger partial charge in [0.15, 0.2) is 0 Å². The van der Waals surface area contributed by atoms with Gasteiger partial charge in [-0.1, -0.05) is 0 Å². The summed E-state index contributed by atoms with van der Waals surface area (Å²) in [5, 5.41) is 25.1. The second-order valence-corrected chi connectivity index (χ2v) is 1.64. The molecule has 6 N–H and O–H groups in total. The van der Waals surface area contributed by atoms with Gasteiger partial charge in [-0.15, -0.1) is 0 Å². The number of nitrogens with one attached hydrogen (secondary N) is 3. The predicted molar refractivity (Wildman–Crippen MR) is 36.1 cm³/mol. The summed E-state index contributed by atoms with van der Waals surface area (Å²) in [6.07, 6.45) is 0. The number of hydrogen-bond acceptors (Lipinski definition) is 9. The van der Waals surface area contributed by atoms with E-state index in [0.717, 1.165) is 0 Å². The topological polar surface area (TPSA) is 135 Å². The standard InChI is InChI=1S/C3H6N6O3/c10-7-1-4-2(8-11)6-3(5-1)9-12/h10-12H,(H3,4,5,6,7,8,9). The van der Waals surface area contributed by atoms with E-state index in [0.29, 0.717) is 0 Å². The summed E-state index contributed by atoms with van der Waals surface area (Å²) in [4.78, 5) is 10.3. The summed E-state index contributed by atoms with van der Waals surface area (Å²) in [6.45, 7) is 0. The lowest BCUT2D eigenvalue weighted by atomic mass is 10.8. The number of hydrogen-bond donors (Lipinski definition) is 6. The summed E-state index contributed by atoms with van der Waals surface area (Å²) in [5.74, 6) is -0.672. The van der Waals surface area contributed by atoms with Crippen molar-refractivity contribution in [1.29, 1.82) is 0 Å². The first-order chi connectivity index (χ1) is 5.80. The number of nitrogens with zero attached hydrogens (tertiary/aromatic N) is 3. The number of rotatable bonds is 3. The molecule has 12 heavy (non-hydrogen) atoms. The maximum Gasteiger partial charge on any atom is 0.253 e. The van der Waals surface area contributed by atoms with Crippen molar-refractivity contribution in [3.05, 3.63) is 0 Å². The van der Waals surface area contributed by atoms with E-state index >= 15 is 0 Å². The Morgan fingerprint density at radius 3 is 1.08 bits per heavy atom. The highest BCUT2D eigenvalue weighted by molar-refractivity contribution is 5.38. The Bertz CT molecular complexity index is 211. The molecular formula is C3H6N6O3. The van der Waals surface area contributed by atoms with Gasteiger partial charge < -0.3 is 0 Å². The van der Waals surface area contributed by atoms with Crippen molar-refractivity contribution in [3.63, 3.8) is 0 Å². The molecule has 0 bridgehead atoms. The van der Waals surface area contributed by atoms with Crippen LogP contribution >= 0.6 is 0 Å². The van der Waals surface area contributed by atoms with Gasteiger partial charge in [0.1, 0.15) is 0 Å². The van der Waals surface area contributed by atoms with Crippen LogP contribution in [0.15, 0.2) is 0 Å². The van der Waals surface area contributed by atoms with Crippen LogP contribution in [0.25, 0.3) is 0 Å². The van der Waals surface area contributed by atoms with Gasteiger partial charge in [0.25, 0.3) is 17.8 Å². The van der Waals surface area contributed by atoms with Gasteiger partial charge in [0, 0.05) is 0 Å². The van der Waals surface area contributed by atoms with Crippen molar-refractivity contribution < 1.29 is 15.6 Å². The minimum absolute atomic E-state index is 0.224. The Hall–Kier alpha value is -1.71. The Balaban J connectivity index is 3.01. The third-order valence-corrected chi connectivity index (χ3v) is 0.935. The van der Waals surface area contributed by atoms with E-state index in [-0.39, 0.29) is 17.8 Å². The monoisotopic (exact) mass is 174 g/mol. The molecule has 0 saturated carbocycles.